The van der Waals surface area contributed by atoms with Gasteiger partial charge in [0.1, 0.15) is 11.3 Å². The Labute approximate surface area is 204 Å². The van der Waals surface area contributed by atoms with Crippen molar-refractivity contribution in [1.29, 1.82) is 0 Å². The fraction of sp³-hybridized carbons (Fsp3) is 0.560. The number of methoxy groups -OCH3 is 1. The third-order valence-corrected chi connectivity index (χ3v) is 7.28. The van der Waals surface area contributed by atoms with Gasteiger partial charge in [-0.1, -0.05) is 13.3 Å². The van der Waals surface area contributed by atoms with Crippen LogP contribution in [0.3, 0.4) is 0 Å². The van der Waals surface area contributed by atoms with Crippen LogP contribution in [0, 0.1) is 4.77 Å². The van der Waals surface area contributed by atoms with E-state index >= 15 is 0 Å². The number of carbonyl (C=O) groups excluding carboxylic acids is 1. The molecule has 2 aromatic heterocycles. The van der Waals surface area contributed by atoms with Crippen molar-refractivity contribution >= 4 is 40.1 Å². The first-order valence-corrected chi connectivity index (χ1v) is 12.7. The number of nitrogens with one attached hydrogen (secondary N) is 2. The average molecular weight is 486 g/mol. The normalized spacial score (nSPS) is 15.8. The number of fused-ring (bicyclic) bond motifs is 3. The Kier molecular flexibility index (Phi) is 7.73. The number of nitrogens with zero attached hydrogens (tertiary/aromatic N) is 3. The van der Waals surface area contributed by atoms with Gasteiger partial charge in [-0.05, 0) is 56.6 Å². The third kappa shape index (κ3) is 5.05. The van der Waals surface area contributed by atoms with Gasteiger partial charge in [-0.3, -0.25) is 19.1 Å². The van der Waals surface area contributed by atoms with E-state index in [0.29, 0.717) is 34.8 Å². The van der Waals surface area contributed by atoms with Crippen molar-refractivity contribution in [2.75, 3.05) is 33.3 Å². The number of unbranched alkanes of at least 4 members (excludes halogenated alkanes) is 1. The lowest BCUT2D eigenvalue weighted by Gasteiger charge is -2.38. The molecular formula is C25H35N5O3S. The van der Waals surface area contributed by atoms with Gasteiger partial charge >= 0.3 is 0 Å². The number of piperazine rings is 1. The van der Waals surface area contributed by atoms with E-state index in [-0.39, 0.29) is 11.5 Å². The number of rotatable bonds is 9. The number of ether oxygens (including phenoxy) is 1. The zero-order valence-electron chi connectivity index (χ0n) is 20.4. The zero-order chi connectivity index (χ0) is 24.2. The predicted octanol–water partition coefficient (Wildman–Crippen LogP) is 4.05. The fourth-order valence-corrected chi connectivity index (χ4v) is 5.19. The van der Waals surface area contributed by atoms with Crippen LogP contribution in [0.2, 0.25) is 0 Å². The number of benzene rings is 1. The van der Waals surface area contributed by atoms with Crippen LogP contribution in [-0.4, -0.2) is 69.6 Å². The standard InChI is InChI=1S/C25H35N5O3S/c1-4-7-17(2)28-12-14-29(15-13-28)21(31)8-5-6-11-30-24(32)23-22(27-25(30)34)19-16-18(33-3)9-10-20(19)26-23/h9-10,16-17,26H,4-8,11-15H2,1-3H3,(H,27,34). The molecule has 2 N–H and O–H groups in total. The summed E-state index contributed by atoms with van der Waals surface area (Å²) in [5.41, 5.74) is 1.91. The maximum atomic E-state index is 13.1. The second-order valence-corrected chi connectivity index (χ2v) is 9.57. The molecule has 4 rings (SSSR count). The lowest BCUT2D eigenvalue weighted by atomic mass is 10.1. The maximum absolute atomic E-state index is 13.1. The smallest absolute Gasteiger partial charge is 0.278 e. The lowest BCUT2D eigenvalue weighted by Crippen LogP contribution is -2.51. The van der Waals surface area contributed by atoms with Crippen LogP contribution in [0.4, 0.5) is 0 Å². The van der Waals surface area contributed by atoms with Crippen molar-refractivity contribution in [3.8, 4) is 5.75 Å². The van der Waals surface area contributed by atoms with Crippen molar-refractivity contribution in [2.24, 2.45) is 0 Å². The first kappa shape index (κ1) is 24.5. The van der Waals surface area contributed by atoms with Crippen molar-refractivity contribution in [3.63, 3.8) is 0 Å². The van der Waals surface area contributed by atoms with Crippen LogP contribution >= 0.6 is 12.2 Å². The first-order valence-electron chi connectivity index (χ1n) is 12.3. The molecule has 1 aliphatic heterocycles. The number of H-pyrrole nitrogens is 2. The molecule has 0 bridgehead atoms. The van der Waals surface area contributed by atoms with Gasteiger partial charge < -0.3 is 19.6 Å². The summed E-state index contributed by atoms with van der Waals surface area (Å²) < 4.78 is 7.29. The number of aromatic nitrogens is 3. The molecule has 8 nitrogen and oxygen atoms in total. The van der Waals surface area contributed by atoms with Crippen LogP contribution in [0.1, 0.15) is 46.0 Å². The Morgan fingerprint density at radius 3 is 2.62 bits per heavy atom. The van der Waals surface area contributed by atoms with Gasteiger partial charge in [0.05, 0.1) is 12.6 Å². The molecule has 184 valence electrons. The summed E-state index contributed by atoms with van der Waals surface area (Å²) in [7, 11) is 1.62. The average Bonchev–Trinajstić information content (AvgIpc) is 3.21. The molecule has 3 heterocycles. The number of amides is 1. The largest absolute Gasteiger partial charge is 0.497 e. The Balaban J connectivity index is 1.34. The molecule has 1 saturated heterocycles. The fourth-order valence-electron chi connectivity index (χ4n) is 4.91. The SMILES string of the molecule is CCCC(C)N1CCN(C(=O)CCCCn2c(=S)[nH]c3c([nH]c4ccc(OC)cc43)c2=O)CC1. The van der Waals surface area contributed by atoms with Gasteiger partial charge in [0.15, 0.2) is 4.77 Å². The van der Waals surface area contributed by atoms with Gasteiger partial charge in [-0.15, -0.1) is 0 Å². The first-order chi connectivity index (χ1) is 16.4. The van der Waals surface area contributed by atoms with E-state index in [1.165, 1.54) is 12.8 Å². The van der Waals surface area contributed by atoms with Gasteiger partial charge in [-0.2, -0.15) is 0 Å². The van der Waals surface area contributed by atoms with Gasteiger partial charge in [0.25, 0.3) is 5.56 Å². The second-order valence-electron chi connectivity index (χ2n) is 9.19. The maximum Gasteiger partial charge on any atom is 0.278 e. The number of aromatic amines is 2. The van der Waals surface area contributed by atoms with Crippen LogP contribution in [0.25, 0.3) is 21.9 Å². The lowest BCUT2D eigenvalue weighted by molar-refractivity contribution is -0.133. The summed E-state index contributed by atoms with van der Waals surface area (Å²) >= 11 is 5.49. The van der Waals surface area contributed by atoms with Gasteiger partial charge in [0.2, 0.25) is 5.91 Å². The number of carbonyl (C=O) groups is 1. The molecule has 34 heavy (non-hydrogen) atoms. The molecule has 1 amide bonds. The minimum absolute atomic E-state index is 0.141. The molecule has 0 spiro atoms. The Bertz CT molecular complexity index is 1270. The minimum atomic E-state index is -0.141. The summed E-state index contributed by atoms with van der Waals surface area (Å²) in [5.74, 6) is 0.929. The van der Waals surface area contributed by atoms with Crippen LogP contribution in [0.15, 0.2) is 23.0 Å². The highest BCUT2D eigenvalue weighted by molar-refractivity contribution is 7.71. The monoisotopic (exact) mass is 485 g/mol. The van der Waals surface area contributed by atoms with Gasteiger partial charge in [0, 0.05) is 56.1 Å². The molecule has 1 atom stereocenters. The second kappa shape index (κ2) is 10.7. The molecule has 1 unspecified atom stereocenters. The zero-order valence-corrected chi connectivity index (χ0v) is 21.2. The molecule has 0 saturated carbocycles. The van der Waals surface area contributed by atoms with E-state index < -0.39 is 0 Å². The van der Waals surface area contributed by atoms with Crippen molar-refractivity contribution in [3.05, 3.63) is 33.3 Å². The van der Waals surface area contributed by atoms with Crippen LogP contribution < -0.4 is 10.3 Å². The van der Waals surface area contributed by atoms with E-state index in [0.717, 1.165) is 55.7 Å². The Morgan fingerprint density at radius 1 is 1.15 bits per heavy atom. The highest BCUT2D eigenvalue weighted by Crippen LogP contribution is 2.26. The molecule has 1 aromatic carbocycles. The number of hydrogen-bond donors (Lipinski definition) is 2. The minimum Gasteiger partial charge on any atom is -0.497 e. The van der Waals surface area contributed by atoms with E-state index in [4.69, 9.17) is 17.0 Å². The molecule has 1 aliphatic rings. The molecular weight excluding hydrogens is 450 g/mol. The summed E-state index contributed by atoms with van der Waals surface area (Å²) in [6.45, 7) is 8.49. The highest BCUT2D eigenvalue weighted by Gasteiger charge is 2.23. The molecule has 9 heteroatoms. The Hall–Kier alpha value is -2.65. The van der Waals surface area contributed by atoms with E-state index in [1.807, 2.05) is 23.1 Å². The van der Waals surface area contributed by atoms with Crippen LogP contribution in [0.5, 0.6) is 5.75 Å². The van der Waals surface area contributed by atoms with Crippen molar-refractivity contribution in [1.82, 2.24) is 24.3 Å². The topological polar surface area (TPSA) is 86.4 Å². The predicted molar refractivity (Wildman–Crippen MR) is 138 cm³/mol. The number of hydrogen-bond acceptors (Lipinski definition) is 5. The Morgan fingerprint density at radius 2 is 1.91 bits per heavy atom. The molecule has 0 aliphatic carbocycles. The van der Waals surface area contributed by atoms with Gasteiger partial charge in [-0.25, -0.2) is 0 Å². The summed E-state index contributed by atoms with van der Waals surface area (Å²) in [6.07, 6.45) is 4.35. The van der Waals surface area contributed by atoms with E-state index in [1.54, 1.807) is 11.7 Å². The molecule has 1 fully saturated rings. The highest BCUT2D eigenvalue weighted by atomic mass is 32.1. The summed E-state index contributed by atoms with van der Waals surface area (Å²) in [6, 6.07) is 6.22. The van der Waals surface area contributed by atoms with E-state index in [9.17, 15) is 9.59 Å². The third-order valence-electron chi connectivity index (χ3n) is 6.96. The van der Waals surface area contributed by atoms with Crippen LogP contribution in [-0.2, 0) is 11.3 Å². The molecule has 0 radical (unpaired) electrons. The summed E-state index contributed by atoms with van der Waals surface area (Å²) in [5, 5.41) is 0.875. The molecule has 3 aromatic rings. The van der Waals surface area contributed by atoms with Crippen molar-refractivity contribution < 1.29 is 9.53 Å². The summed E-state index contributed by atoms with van der Waals surface area (Å²) in [4.78, 5) is 36.7. The van der Waals surface area contributed by atoms with E-state index in [2.05, 4.69) is 28.7 Å². The van der Waals surface area contributed by atoms with Crippen molar-refractivity contribution in [2.45, 2.75) is 58.5 Å². The quantitative estimate of drug-likeness (QED) is 0.353.